The number of hydrogen-bond acceptors (Lipinski definition) is 6. The zero-order chi connectivity index (χ0) is 18.7. The molecule has 3 aromatic rings. The van der Waals surface area contributed by atoms with Crippen molar-refractivity contribution in [1.29, 1.82) is 0 Å². The van der Waals surface area contributed by atoms with Crippen LogP contribution in [0.3, 0.4) is 0 Å². The molecular formula is C16H11ClN4O5. The molecule has 1 aromatic heterocycles. The van der Waals surface area contributed by atoms with Gasteiger partial charge in [-0.1, -0.05) is 11.6 Å². The lowest BCUT2D eigenvalue weighted by molar-refractivity contribution is -0.384. The molecule has 0 aliphatic rings. The van der Waals surface area contributed by atoms with Gasteiger partial charge in [-0.2, -0.15) is 0 Å². The van der Waals surface area contributed by atoms with Crippen LogP contribution in [-0.4, -0.2) is 27.5 Å². The number of non-ortho nitro benzene ring substituents is 1. The van der Waals surface area contributed by atoms with E-state index < -0.39 is 10.8 Å². The Hall–Kier alpha value is -3.46. The Morgan fingerprint density at radius 1 is 1.27 bits per heavy atom. The van der Waals surface area contributed by atoms with Crippen LogP contribution in [0.25, 0.3) is 10.9 Å². The van der Waals surface area contributed by atoms with E-state index in [0.29, 0.717) is 16.3 Å². The number of carbonyl (C=O) groups is 1. The van der Waals surface area contributed by atoms with Crippen LogP contribution in [0, 0.1) is 10.1 Å². The van der Waals surface area contributed by atoms with Gasteiger partial charge in [0.25, 0.3) is 5.69 Å². The predicted octanol–water partition coefficient (Wildman–Crippen LogP) is 4.12. The first-order chi connectivity index (χ1) is 12.4. The minimum absolute atomic E-state index is 0.0662. The predicted molar refractivity (Wildman–Crippen MR) is 93.1 cm³/mol. The number of azo groups is 1. The maximum Gasteiger partial charge on any atom is 0.302 e. The normalized spacial score (nSPS) is 11.1. The third-order valence-corrected chi connectivity index (χ3v) is 3.64. The summed E-state index contributed by atoms with van der Waals surface area (Å²) in [4.78, 5) is 24.7. The Bertz CT molecular complexity index is 1010. The van der Waals surface area contributed by atoms with E-state index in [1.807, 2.05) is 0 Å². The molecule has 0 fully saturated rings. The largest absolute Gasteiger partial charge is 0.493 e. The summed E-state index contributed by atoms with van der Waals surface area (Å²) in [6.45, 7) is -0.367. The van der Waals surface area contributed by atoms with Gasteiger partial charge < -0.3 is 14.8 Å². The highest BCUT2D eigenvalue weighted by Gasteiger charge is 2.15. The molecule has 0 unspecified atom stereocenters. The van der Waals surface area contributed by atoms with Crippen molar-refractivity contribution in [2.75, 3.05) is 6.61 Å². The zero-order valence-corrected chi connectivity index (χ0v) is 13.8. The van der Waals surface area contributed by atoms with E-state index >= 15 is 0 Å². The standard InChI is InChI=1S/C16H11ClN4O5/c17-9-1-4-11(5-2-9)26-8-14(22)19-20-15-12-7-10(21(24)25)3-6-13(12)18-16(15)23/h1-7,18,23H,8H2. The SMILES string of the molecule is O=C(COc1ccc(Cl)cc1)N=Nc1c(O)[nH]c2ccc([N+](=O)[O-])cc12. The second-order valence-electron chi connectivity index (χ2n) is 5.15. The second kappa shape index (κ2) is 7.19. The van der Waals surface area contributed by atoms with Gasteiger partial charge in [0.05, 0.1) is 10.4 Å². The number of halogens is 1. The van der Waals surface area contributed by atoms with Crippen LogP contribution in [0.4, 0.5) is 11.4 Å². The van der Waals surface area contributed by atoms with Crippen molar-refractivity contribution in [3.63, 3.8) is 0 Å². The molecule has 2 aromatic carbocycles. The van der Waals surface area contributed by atoms with Crippen molar-refractivity contribution in [3.05, 3.63) is 57.6 Å². The summed E-state index contributed by atoms with van der Waals surface area (Å²) < 4.78 is 5.24. The second-order valence-corrected chi connectivity index (χ2v) is 5.58. The highest BCUT2D eigenvalue weighted by Crippen LogP contribution is 2.37. The fraction of sp³-hybridized carbons (Fsp3) is 0.0625. The van der Waals surface area contributed by atoms with Gasteiger partial charge in [0, 0.05) is 22.5 Å². The fourth-order valence-corrected chi connectivity index (χ4v) is 2.30. The highest BCUT2D eigenvalue weighted by molar-refractivity contribution is 6.30. The van der Waals surface area contributed by atoms with E-state index in [4.69, 9.17) is 16.3 Å². The third kappa shape index (κ3) is 3.78. The molecule has 0 aliphatic carbocycles. The quantitative estimate of drug-likeness (QED) is 0.394. The molecule has 132 valence electrons. The monoisotopic (exact) mass is 374 g/mol. The lowest BCUT2D eigenvalue weighted by Gasteiger charge is -2.02. The molecule has 1 amide bonds. The zero-order valence-electron chi connectivity index (χ0n) is 13.0. The number of aromatic hydroxyl groups is 1. The van der Waals surface area contributed by atoms with Crippen molar-refractivity contribution in [2.45, 2.75) is 0 Å². The summed E-state index contributed by atoms with van der Waals surface area (Å²) in [6, 6.07) is 10.4. The average molecular weight is 375 g/mol. The van der Waals surface area contributed by atoms with Crippen molar-refractivity contribution in [3.8, 4) is 11.6 Å². The van der Waals surface area contributed by atoms with Gasteiger partial charge in [-0.25, -0.2) is 0 Å². The molecule has 3 rings (SSSR count). The Morgan fingerprint density at radius 2 is 2.00 bits per heavy atom. The molecule has 2 N–H and O–H groups in total. The van der Waals surface area contributed by atoms with Gasteiger partial charge in [-0.3, -0.25) is 14.9 Å². The smallest absolute Gasteiger partial charge is 0.302 e. The first kappa shape index (κ1) is 17.4. The molecule has 0 spiro atoms. The summed E-state index contributed by atoms with van der Waals surface area (Å²) >= 11 is 5.75. The molecule has 0 radical (unpaired) electrons. The molecule has 0 atom stereocenters. The topological polar surface area (TPSA) is 130 Å². The third-order valence-electron chi connectivity index (χ3n) is 3.38. The number of H-pyrrole nitrogens is 1. The minimum atomic E-state index is -0.695. The number of aromatic amines is 1. The van der Waals surface area contributed by atoms with E-state index in [-0.39, 0.29) is 29.2 Å². The molecule has 1 heterocycles. The van der Waals surface area contributed by atoms with Gasteiger partial charge in [0.1, 0.15) is 5.75 Å². The molecule has 10 heteroatoms. The number of ether oxygens (including phenoxy) is 1. The molecule has 0 bridgehead atoms. The van der Waals surface area contributed by atoms with Gasteiger partial charge in [0.15, 0.2) is 12.3 Å². The first-order valence-corrected chi connectivity index (χ1v) is 7.64. The summed E-state index contributed by atoms with van der Waals surface area (Å²) in [5.41, 5.74) is 0.181. The number of carbonyl (C=O) groups excluding carboxylic acids is 1. The van der Waals surface area contributed by atoms with Crippen LogP contribution < -0.4 is 4.74 Å². The summed E-state index contributed by atoms with van der Waals surface area (Å²) in [5.74, 6) is -0.613. The number of rotatable bonds is 5. The van der Waals surface area contributed by atoms with E-state index in [1.54, 1.807) is 24.3 Å². The first-order valence-electron chi connectivity index (χ1n) is 7.26. The van der Waals surface area contributed by atoms with Crippen LogP contribution in [0.1, 0.15) is 0 Å². The van der Waals surface area contributed by atoms with Crippen LogP contribution in [0.5, 0.6) is 11.6 Å². The van der Waals surface area contributed by atoms with Crippen molar-refractivity contribution in [2.24, 2.45) is 10.2 Å². The van der Waals surface area contributed by atoms with Gasteiger partial charge in [0.2, 0.25) is 5.88 Å². The summed E-state index contributed by atoms with van der Waals surface area (Å²) in [6.07, 6.45) is 0. The fourth-order valence-electron chi connectivity index (χ4n) is 2.18. The van der Waals surface area contributed by atoms with E-state index in [9.17, 15) is 20.0 Å². The van der Waals surface area contributed by atoms with Crippen LogP contribution in [0.2, 0.25) is 5.02 Å². The molecule has 0 saturated heterocycles. The molecule has 0 saturated carbocycles. The number of benzene rings is 2. The number of aromatic nitrogens is 1. The lowest BCUT2D eigenvalue weighted by atomic mass is 10.2. The highest BCUT2D eigenvalue weighted by atomic mass is 35.5. The number of hydrogen-bond donors (Lipinski definition) is 2. The van der Waals surface area contributed by atoms with Gasteiger partial charge >= 0.3 is 5.91 Å². The van der Waals surface area contributed by atoms with Crippen molar-refractivity contribution < 1.29 is 19.6 Å². The summed E-state index contributed by atoms with van der Waals surface area (Å²) in [7, 11) is 0. The number of nitro benzene ring substituents is 1. The van der Waals surface area contributed by atoms with Crippen LogP contribution >= 0.6 is 11.6 Å². The average Bonchev–Trinajstić information content (AvgIpc) is 2.93. The van der Waals surface area contributed by atoms with E-state index in [2.05, 4.69) is 15.2 Å². The lowest BCUT2D eigenvalue weighted by Crippen LogP contribution is -2.07. The maximum absolute atomic E-state index is 11.8. The number of nitrogens with one attached hydrogen (secondary N) is 1. The number of amides is 1. The Balaban J connectivity index is 1.75. The molecular weight excluding hydrogens is 364 g/mol. The molecule has 26 heavy (non-hydrogen) atoms. The Labute approximate surface area is 151 Å². The maximum atomic E-state index is 11.8. The summed E-state index contributed by atoms with van der Waals surface area (Å²) in [5, 5.41) is 28.7. The number of nitrogens with zero attached hydrogens (tertiary/aromatic N) is 3. The minimum Gasteiger partial charge on any atom is -0.493 e. The van der Waals surface area contributed by atoms with E-state index in [1.165, 1.54) is 18.2 Å². The van der Waals surface area contributed by atoms with Crippen molar-refractivity contribution >= 4 is 39.8 Å². The van der Waals surface area contributed by atoms with Crippen LogP contribution in [-0.2, 0) is 4.79 Å². The number of nitro groups is 1. The van der Waals surface area contributed by atoms with Crippen molar-refractivity contribution in [1.82, 2.24) is 4.98 Å². The Kier molecular flexibility index (Phi) is 4.81. The molecule has 0 aliphatic heterocycles. The van der Waals surface area contributed by atoms with E-state index in [0.717, 1.165) is 0 Å². The molecule has 9 nitrogen and oxygen atoms in total. The Morgan fingerprint density at radius 3 is 2.69 bits per heavy atom. The van der Waals surface area contributed by atoms with Crippen LogP contribution in [0.15, 0.2) is 52.7 Å². The number of fused-ring (bicyclic) bond motifs is 1. The van der Waals surface area contributed by atoms with Gasteiger partial charge in [-0.05, 0) is 30.3 Å². The van der Waals surface area contributed by atoms with Gasteiger partial charge in [-0.15, -0.1) is 10.2 Å².